The molecule has 3 aliphatic rings. The summed E-state index contributed by atoms with van der Waals surface area (Å²) in [5.74, 6) is 0. The molecule has 1 aromatic rings. The van der Waals surface area contributed by atoms with Crippen LogP contribution in [0.3, 0.4) is 0 Å². The van der Waals surface area contributed by atoms with E-state index < -0.39 is 0 Å². The summed E-state index contributed by atoms with van der Waals surface area (Å²) < 4.78 is 0. The van der Waals surface area contributed by atoms with Gasteiger partial charge in [0.1, 0.15) is 5.15 Å². The third-order valence-corrected chi connectivity index (χ3v) is 6.59. The van der Waals surface area contributed by atoms with Crippen molar-refractivity contribution in [2.24, 2.45) is 5.41 Å². The molecule has 0 amide bonds. The number of aromatic nitrogens is 1. The Morgan fingerprint density at radius 2 is 1.96 bits per heavy atom. The molecule has 4 rings (SSSR count). The zero-order valence-electron chi connectivity index (χ0n) is 14.3. The summed E-state index contributed by atoms with van der Waals surface area (Å²) in [6.45, 7) is 4.71. The smallest absolute Gasteiger partial charge is 0.131 e. The number of anilines is 1. The van der Waals surface area contributed by atoms with Gasteiger partial charge in [-0.05, 0) is 63.6 Å². The first-order valence-corrected chi connectivity index (χ1v) is 9.80. The molecular formula is C19H28ClN3O. The average Bonchev–Trinajstić information content (AvgIpc) is 2.99. The van der Waals surface area contributed by atoms with E-state index in [2.05, 4.69) is 20.9 Å². The maximum Gasteiger partial charge on any atom is 0.131 e. The van der Waals surface area contributed by atoms with Crippen LogP contribution < -0.4 is 4.90 Å². The first kappa shape index (κ1) is 16.6. The van der Waals surface area contributed by atoms with Crippen molar-refractivity contribution >= 4 is 17.3 Å². The zero-order valence-corrected chi connectivity index (χ0v) is 15.1. The molecular weight excluding hydrogens is 322 g/mol. The van der Waals surface area contributed by atoms with Crippen LogP contribution in [-0.2, 0) is 0 Å². The first-order valence-electron chi connectivity index (χ1n) is 9.42. The number of aliphatic hydroxyl groups is 1. The van der Waals surface area contributed by atoms with Crippen LogP contribution in [0.25, 0.3) is 0 Å². The molecule has 1 aromatic heterocycles. The molecule has 2 aliphatic heterocycles. The number of halogens is 1. The minimum absolute atomic E-state index is 0.0561. The van der Waals surface area contributed by atoms with Crippen LogP contribution in [0.5, 0.6) is 0 Å². The third-order valence-electron chi connectivity index (χ3n) is 6.39. The Morgan fingerprint density at radius 1 is 1.12 bits per heavy atom. The van der Waals surface area contributed by atoms with E-state index in [1.54, 1.807) is 0 Å². The molecule has 1 spiro atoms. The van der Waals surface area contributed by atoms with E-state index in [1.807, 2.05) is 12.3 Å². The summed E-state index contributed by atoms with van der Waals surface area (Å²) >= 11 is 6.09. The standard InChI is InChI=1S/C19H28ClN3O/c20-18-12-16(6-9-21-18)22-10-1-7-19(13-22)8-11-23(14-19)15-2-4-17(24)5-3-15/h6,9,12,15,17,24H,1-5,7-8,10-11,13-14H2/t15-,17-,19-/m0/s1. The summed E-state index contributed by atoms with van der Waals surface area (Å²) in [5, 5.41) is 10.3. The summed E-state index contributed by atoms with van der Waals surface area (Å²) in [6, 6.07) is 4.77. The van der Waals surface area contributed by atoms with Gasteiger partial charge in [0.05, 0.1) is 6.10 Å². The molecule has 1 saturated carbocycles. The van der Waals surface area contributed by atoms with Crippen LogP contribution >= 0.6 is 11.6 Å². The fourth-order valence-electron chi connectivity index (χ4n) is 5.06. The predicted octanol–water partition coefficient (Wildman–Crippen LogP) is 3.33. The molecule has 3 fully saturated rings. The van der Waals surface area contributed by atoms with Gasteiger partial charge in [-0.2, -0.15) is 0 Å². The van der Waals surface area contributed by atoms with Crippen molar-refractivity contribution in [1.82, 2.24) is 9.88 Å². The molecule has 5 heteroatoms. The molecule has 0 bridgehead atoms. The highest BCUT2D eigenvalue weighted by atomic mass is 35.5. The Labute approximate surface area is 149 Å². The highest BCUT2D eigenvalue weighted by Gasteiger charge is 2.43. The molecule has 0 unspecified atom stereocenters. The number of nitrogens with zero attached hydrogens (tertiary/aromatic N) is 3. The normalized spacial score (nSPS) is 34.8. The van der Waals surface area contributed by atoms with E-state index in [9.17, 15) is 5.11 Å². The number of hydrogen-bond donors (Lipinski definition) is 1. The number of likely N-dealkylation sites (tertiary alicyclic amines) is 1. The summed E-state index contributed by atoms with van der Waals surface area (Å²) in [5.41, 5.74) is 1.65. The Bertz CT molecular complexity index is 575. The van der Waals surface area contributed by atoms with Crippen molar-refractivity contribution in [3.63, 3.8) is 0 Å². The quantitative estimate of drug-likeness (QED) is 0.831. The highest BCUT2D eigenvalue weighted by Crippen LogP contribution is 2.42. The Hall–Kier alpha value is -0.840. The SMILES string of the molecule is O[C@H]1CC[C@H](N2CC[C@]3(CCCN(c4ccnc(Cl)c4)C3)C2)CC1. The number of rotatable bonds is 2. The summed E-state index contributed by atoms with van der Waals surface area (Å²) in [7, 11) is 0. The first-order chi connectivity index (χ1) is 11.6. The van der Waals surface area contributed by atoms with Gasteiger partial charge in [-0.25, -0.2) is 4.98 Å². The van der Waals surface area contributed by atoms with Crippen molar-refractivity contribution < 1.29 is 5.11 Å². The van der Waals surface area contributed by atoms with Crippen LogP contribution in [0.15, 0.2) is 18.3 Å². The molecule has 132 valence electrons. The molecule has 1 aliphatic carbocycles. The van der Waals surface area contributed by atoms with Gasteiger partial charge in [0, 0.05) is 43.0 Å². The van der Waals surface area contributed by atoms with Crippen molar-refractivity contribution in [1.29, 1.82) is 0 Å². The maximum absolute atomic E-state index is 9.75. The van der Waals surface area contributed by atoms with E-state index >= 15 is 0 Å². The number of pyridine rings is 1. The Balaban J connectivity index is 1.42. The lowest BCUT2D eigenvalue weighted by Crippen LogP contribution is -2.46. The van der Waals surface area contributed by atoms with E-state index in [1.165, 1.54) is 50.9 Å². The van der Waals surface area contributed by atoms with Gasteiger partial charge in [0.2, 0.25) is 0 Å². The maximum atomic E-state index is 9.75. The van der Waals surface area contributed by atoms with Gasteiger partial charge < -0.3 is 10.0 Å². The monoisotopic (exact) mass is 349 g/mol. The largest absolute Gasteiger partial charge is 0.393 e. The Morgan fingerprint density at radius 3 is 2.75 bits per heavy atom. The molecule has 0 aromatic carbocycles. The molecule has 1 atom stereocenters. The molecule has 4 nitrogen and oxygen atoms in total. The molecule has 0 radical (unpaired) electrons. The highest BCUT2D eigenvalue weighted by molar-refractivity contribution is 6.29. The number of piperidine rings is 1. The topological polar surface area (TPSA) is 39.6 Å². The predicted molar refractivity (Wildman–Crippen MR) is 97.6 cm³/mol. The van der Waals surface area contributed by atoms with Crippen molar-refractivity contribution in [2.75, 3.05) is 31.1 Å². The molecule has 1 N–H and O–H groups in total. The molecule has 2 saturated heterocycles. The molecule has 3 heterocycles. The summed E-state index contributed by atoms with van der Waals surface area (Å²) in [6.07, 6.45) is 9.97. The van der Waals surface area contributed by atoms with E-state index in [-0.39, 0.29) is 6.10 Å². The van der Waals surface area contributed by atoms with Crippen LogP contribution in [0.2, 0.25) is 5.15 Å². The van der Waals surface area contributed by atoms with Crippen molar-refractivity contribution in [3.05, 3.63) is 23.5 Å². The second kappa shape index (κ2) is 6.81. The van der Waals surface area contributed by atoms with Crippen LogP contribution in [-0.4, -0.2) is 53.3 Å². The minimum atomic E-state index is -0.0561. The van der Waals surface area contributed by atoms with Crippen molar-refractivity contribution in [2.45, 2.75) is 57.1 Å². The zero-order chi connectivity index (χ0) is 16.6. The van der Waals surface area contributed by atoms with Gasteiger partial charge in [-0.1, -0.05) is 11.6 Å². The number of aliphatic hydroxyl groups excluding tert-OH is 1. The van der Waals surface area contributed by atoms with Crippen LogP contribution in [0.1, 0.15) is 44.9 Å². The fourth-order valence-corrected chi connectivity index (χ4v) is 5.22. The van der Waals surface area contributed by atoms with Crippen LogP contribution in [0.4, 0.5) is 5.69 Å². The van der Waals surface area contributed by atoms with Crippen LogP contribution in [0, 0.1) is 5.41 Å². The third kappa shape index (κ3) is 3.42. The lowest BCUT2D eigenvalue weighted by Gasteiger charge is -2.42. The summed E-state index contributed by atoms with van der Waals surface area (Å²) in [4.78, 5) is 9.34. The van der Waals surface area contributed by atoms with Gasteiger partial charge in [0.15, 0.2) is 0 Å². The van der Waals surface area contributed by atoms with Gasteiger partial charge >= 0.3 is 0 Å². The lowest BCUT2D eigenvalue weighted by atomic mass is 9.79. The van der Waals surface area contributed by atoms with E-state index in [0.29, 0.717) is 16.6 Å². The second-order valence-electron chi connectivity index (χ2n) is 8.04. The minimum Gasteiger partial charge on any atom is -0.393 e. The molecule has 24 heavy (non-hydrogen) atoms. The van der Waals surface area contributed by atoms with Gasteiger partial charge in [-0.3, -0.25) is 4.90 Å². The fraction of sp³-hybridized carbons (Fsp3) is 0.737. The van der Waals surface area contributed by atoms with Gasteiger partial charge in [0.25, 0.3) is 0 Å². The average molecular weight is 350 g/mol. The van der Waals surface area contributed by atoms with Crippen molar-refractivity contribution in [3.8, 4) is 0 Å². The Kier molecular flexibility index (Phi) is 4.72. The van der Waals surface area contributed by atoms with E-state index in [0.717, 1.165) is 25.9 Å². The second-order valence-corrected chi connectivity index (χ2v) is 8.43. The van der Waals surface area contributed by atoms with Gasteiger partial charge in [-0.15, -0.1) is 0 Å². The number of hydrogen-bond acceptors (Lipinski definition) is 4. The van der Waals surface area contributed by atoms with E-state index in [4.69, 9.17) is 11.6 Å². The lowest BCUT2D eigenvalue weighted by molar-refractivity contribution is 0.0770.